The molecule has 0 aliphatic carbocycles. The number of alkyl halides is 1. The third-order valence-corrected chi connectivity index (χ3v) is 11.5. The molecular weight excluding hydrogens is 673 g/mol. The molecular formula is C35H34INO7. The minimum atomic E-state index is -3.63. The van der Waals surface area contributed by atoms with Crippen LogP contribution >= 0.6 is 20.2 Å². The molecule has 4 aromatic rings. The van der Waals surface area contributed by atoms with Crippen molar-refractivity contribution >= 4 is 43.9 Å². The second-order valence-corrected chi connectivity index (χ2v) is 13.9. The van der Waals surface area contributed by atoms with Crippen molar-refractivity contribution in [3.05, 3.63) is 142 Å². The van der Waals surface area contributed by atoms with Crippen molar-refractivity contribution in [3.63, 3.8) is 0 Å². The van der Waals surface area contributed by atoms with Gasteiger partial charge >= 0.3 is 265 Å². The zero-order chi connectivity index (χ0) is 31.5. The van der Waals surface area contributed by atoms with Crippen LogP contribution in [0.2, 0.25) is 0 Å². The number of esters is 2. The maximum atomic E-state index is 14.6. The molecule has 0 aromatic heterocycles. The van der Waals surface area contributed by atoms with Crippen molar-refractivity contribution in [1.29, 1.82) is 0 Å². The van der Waals surface area contributed by atoms with Gasteiger partial charge in [0.1, 0.15) is 0 Å². The van der Waals surface area contributed by atoms with Crippen molar-refractivity contribution in [2.75, 3.05) is 13.2 Å². The van der Waals surface area contributed by atoms with Crippen LogP contribution in [0.5, 0.6) is 0 Å². The molecule has 0 saturated carbocycles. The molecule has 44 heavy (non-hydrogen) atoms. The fourth-order valence-corrected chi connectivity index (χ4v) is 9.41. The number of ketones is 1. The van der Waals surface area contributed by atoms with E-state index in [9.17, 15) is 22.6 Å². The normalized spacial score (nSPS) is 12.8. The third-order valence-electron chi connectivity index (χ3n) is 6.95. The summed E-state index contributed by atoms with van der Waals surface area (Å²) in [6, 6.07) is 33.7. The van der Waals surface area contributed by atoms with Crippen LogP contribution in [-0.4, -0.2) is 49.7 Å². The SMILES string of the molecule is CCOC(=O)C(NC(=O)c1ccccc1)(C(=O)OCC)C(c1ccccc1)C(C(=O)c1ccccc1)I(O)c1ccccc1. The summed E-state index contributed by atoms with van der Waals surface area (Å²) < 4.78 is 22.4. The van der Waals surface area contributed by atoms with Crippen LogP contribution in [-0.2, 0) is 19.1 Å². The molecule has 0 aliphatic heterocycles. The zero-order valence-electron chi connectivity index (χ0n) is 24.4. The van der Waals surface area contributed by atoms with Gasteiger partial charge in [0, 0.05) is 0 Å². The number of nitrogens with one attached hydrogen (secondary N) is 1. The molecule has 0 fully saturated rings. The molecule has 0 saturated heterocycles. The average Bonchev–Trinajstić information content (AvgIpc) is 3.07. The molecule has 2 atom stereocenters. The predicted octanol–water partition coefficient (Wildman–Crippen LogP) is 5.60. The van der Waals surface area contributed by atoms with Crippen molar-refractivity contribution in [2.45, 2.75) is 29.2 Å². The van der Waals surface area contributed by atoms with E-state index in [1.807, 2.05) is 0 Å². The van der Waals surface area contributed by atoms with Gasteiger partial charge in [-0.25, -0.2) is 0 Å². The number of benzene rings is 4. The van der Waals surface area contributed by atoms with Crippen LogP contribution in [0.4, 0.5) is 0 Å². The molecule has 1 amide bonds. The first-order valence-electron chi connectivity index (χ1n) is 14.1. The Labute approximate surface area is 264 Å². The number of Topliss-reactive ketones (excluding diaryl/α,β-unsaturated/α-hetero) is 1. The molecule has 2 N–H and O–H groups in total. The van der Waals surface area contributed by atoms with Gasteiger partial charge in [-0.1, -0.05) is 0 Å². The van der Waals surface area contributed by atoms with E-state index in [-0.39, 0.29) is 24.3 Å². The van der Waals surface area contributed by atoms with E-state index in [0.29, 0.717) is 9.13 Å². The van der Waals surface area contributed by atoms with E-state index in [0.717, 1.165) is 0 Å². The van der Waals surface area contributed by atoms with Crippen LogP contribution < -0.4 is 5.32 Å². The molecule has 4 aromatic carbocycles. The summed E-state index contributed by atoms with van der Waals surface area (Å²) >= 11 is -3.63. The van der Waals surface area contributed by atoms with Gasteiger partial charge in [-0.05, 0) is 0 Å². The first kappa shape index (κ1) is 32.6. The van der Waals surface area contributed by atoms with E-state index >= 15 is 0 Å². The molecule has 0 spiro atoms. The minimum absolute atomic E-state index is 0.125. The molecule has 0 heterocycles. The molecule has 0 radical (unpaired) electrons. The molecule has 4 rings (SSSR count). The summed E-state index contributed by atoms with van der Waals surface area (Å²) in [7, 11) is 0. The van der Waals surface area contributed by atoms with Gasteiger partial charge in [0.05, 0.1) is 0 Å². The molecule has 228 valence electrons. The topological polar surface area (TPSA) is 119 Å². The Morgan fingerprint density at radius 3 is 1.59 bits per heavy atom. The van der Waals surface area contributed by atoms with Crippen LogP contribution in [0.1, 0.15) is 46.0 Å². The number of carbonyl (C=O) groups is 4. The van der Waals surface area contributed by atoms with E-state index in [1.165, 1.54) is 12.1 Å². The van der Waals surface area contributed by atoms with E-state index in [4.69, 9.17) is 9.47 Å². The fraction of sp³-hybridized carbons (Fsp3) is 0.200. The van der Waals surface area contributed by atoms with Crippen LogP contribution in [0, 0.1) is 3.57 Å². The van der Waals surface area contributed by atoms with Gasteiger partial charge in [0.2, 0.25) is 0 Å². The van der Waals surface area contributed by atoms with Gasteiger partial charge in [-0.2, -0.15) is 0 Å². The van der Waals surface area contributed by atoms with Crippen molar-refractivity contribution < 1.29 is 32.1 Å². The van der Waals surface area contributed by atoms with E-state index in [1.54, 1.807) is 123 Å². The molecule has 0 bridgehead atoms. The van der Waals surface area contributed by atoms with E-state index < -0.39 is 59.2 Å². The van der Waals surface area contributed by atoms with Crippen molar-refractivity contribution in [1.82, 2.24) is 5.32 Å². The summed E-state index contributed by atoms with van der Waals surface area (Å²) in [4.78, 5) is 57.0. The van der Waals surface area contributed by atoms with Gasteiger partial charge in [0.15, 0.2) is 0 Å². The first-order valence-corrected chi connectivity index (χ1v) is 17.4. The number of ether oxygens (including phenoxy) is 2. The predicted molar refractivity (Wildman–Crippen MR) is 175 cm³/mol. The van der Waals surface area contributed by atoms with Crippen molar-refractivity contribution in [3.8, 4) is 0 Å². The summed E-state index contributed by atoms with van der Waals surface area (Å²) in [6.07, 6.45) is 0. The number of halogens is 1. The Morgan fingerprint density at radius 2 is 1.11 bits per heavy atom. The Balaban J connectivity index is 2.07. The second-order valence-electron chi connectivity index (χ2n) is 9.68. The summed E-state index contributed by atoms with van der Waals surface area (Å²) in [6.45, 7) is 2.90. The van der Waals surface area contributed by atoms with Crippen molar-refractivity contribution in [2.24, 2.45) is 0 Å². The number of hydrogen-bond acceptors (Lipinski definition) is 7. The number of carbonyl (C=O) groups excluding carboxylic acids is 4. The Kier molecular flexibility index (Phi) is 11.4. The third kappa shape index (κ3) is 7.06. The molecule has 2 unspecified atom stereocenters. The van der Waals surface area contributed by atoms with Gasteiger partial charge < -0.3 is 0 Å². The number of hydrogen-bond donors (Lipinski definition) is 2. The van der Waals surface area contributed by atoms with Gasteiger partial charge in [0.25, 0.3) is 0 Å². The molecule has 0 aliphatic rings. The Bertz CT molecular complexity index is 1530. The standard InChI is InChI=1S/C35H34INO7/c1-3-43-33(40)35(34(41)44-4-2,37-32(39)27-21-13-7-14-22-27)29(25-17-9-5-10-18-25)30(31(38)26-19-11-6-12-20-26)36(42)28-23-15-8-16-24-28/h5-24,29-30,42H,3-4H2,1-2H3,(H,37,39). The maximum absolute atomic E-state index is 14.6. The summed E-state index contributed by atoms with van der Waals surface area (Å²) in [5.41, 5.74) is -1.74. The fourth-order valence-electron chi connectivity index (χ4n) is 4.95. The monoisotopic (exact) mass is 707 g/mol. The molecule has 8 nitrogen and oxygen atoms in total. The average molecular weight is 708 g/mol. The van der Waals surface area contributed by atoms with Crippen LogP contribution in [0.15, 0.2) is 121 Å². The number of amides is 1. The molecule has 9 heteroatoms. The first-order chi connectivity index (χ1) is 21.3. The zero-order valence-corrected chi connectivity index (χ0v) is 26.5. The van der Waals surface area contributed by atoms with E-state index in [2.05, 4.69) is 5.32 Å². The van der Waals surface area contributed by atoms with Gasteiger partial charge in [-0.15, -0.1) is 0 Å². The summed E-state index contributed by atoms with van der Waals surface area (Å²) in [5, 5.41) is 2.68. The Hall–Kier alpha value is -4.35. The quantitative estimate of drug-likeness (QED) is 0.0611. The van der Waals surface area contributed by atoms with Gasteiger partial charge in [-0.3, -0.25) is 0 Å². The number of rotatable bonds is 13. The van der Waals surface area contributed by atoms with Crippen LogP contribution in [0.25, 0.3) is 0 Å². The summed E-state index contributed by atoms with van der Waals surface area (Å²) in [5.74, 6) is -4.85. The Morgan fingerprint density at radius 1 is 0.682 bits per heavy atom. The van der Waals surface area contributed by atoms with Crippen LogP contribution in [0.3, 0.4) is 0 Å². The second kappa shape index (κ2) is 15.4.